The smallest absolute Gasteiger partial charge is 0.438 e. The van der Waals surface area contributed by atoms with Gasteiger partial charge in [0, 0.05) is 0 Å². The lowest BCUT2D eigenvalue weighted by atomic mass is 9.99. The van der Waals surface area contributed by atoms with Gasteiger partial charge >= 0.3 is 6.16 Å². The monoisotopic (exact) mass is 198 g/mol. The summed E-state index contributed by atoms with van der Waals surface area (Å²) in [5, 5.41) is 0. The Kier molecular flexibility index (Phi) is 4.50. The molecular formula is C11H18O3. The van der Waals surface area contributed by atoms with E-state index in [4.69, 9.17) is 4.74 Å². The van der Waals surface area contributed by atoms with Crippen LogP contribution in [0.15, 0.2) is 11.6 Å². The molecule has 0 saturated carbocycles. The standard InChI is InChI=1S/C11H18O3/c1-9-5-3-7-10(8-4-6-9)14-11(12)13-2/h5,10H,3-4,6-8H2,1-2H3. The van der Waals surface area contributed by atoms with E-state index in [1.54, 1.807) is 0 Å². The van der Waals surface area contributed by atoms with Crippen LogP contribution >= 0.6 is 0 Å². The second-order valence-corrected chi connectivity index (χ2v) is 3.71. The number of carbonyl (C=O) groups excluding carboxylic acids is 1. The van der Waals surface area contributed by atoms with Crippen LogP contribution in [0, 0.1) is 0 Å². The van der Waals surface area contributed by atoms with Crippen LogP contribution in [0.25, 0.3) is 0 Å². The van der Waals surface area contributed by atoms with E-state index in [1.807, 2.05) is 0 Å². The van der Waals surface area contributed by atoms with Gasteiger partial charge in [-0.3, -0.25) is 0 Å². The van der Waals surface area contributed by atoms with Gasteiger partial charge in [-0.05, 0) is 39.0 Å². The van der Waals surface area contributed by atoms with Crippen molar-refractivity contribution in [3.05, 3.63) is 11.6 Å². The molecule has 0 aliphatic heterocycles. The van der Waals surface area contributed by atoms with Crippen molar-refractivity contribution in [3.63, 3.8) is 0 Å². The van der Waals surface area contributed by atoms with Gasteiger partial charge in [0.15, 0.2) is 0 Å². The van der Waals surface area contributed by atoms with Gasteiger partial charge < -0.3 is 9.47 Å². The van der Waals surface area contributed by atoms with Gasteiger partial charge in [0.2, 0.25) is 0 Å². The molecule has 0 saturated heterocycles. The molecule has 0 aromatic heterocycles. The molecule has 0 fully saturated rings. The maximum Gasteiger partial charge on any atom is 0.508 e. The van der Waals surface area contributed by atoms with Crippen LogP contribution in [0.3, 0.4) is 0 Å². The highest BCUT2D eigenvalue weighted by molar-refractivity contribution is 5.59. The number of allylic oxidation sites excluding steroid dienone is 2. The van der Waals surface area contributed by atoms with Gasteiger partial charge in [0.05, 0.1) is 7.11 Å². The van der Waals surface area contributed by atoms with Gasteiger partial charge in [-0.2, -0.15) is 0 Å². The van der Waals surface area contributed by atoms with Gasteiger partial charge in [0.1, 0.15) is 6.10 Å². The van der Waals surface area contributed by atoms with Crippen molar-refractivity contribution < 1.29 is 14.3 Å². The SMILES string of the molecule is COC(=O)OC1CCC=C(C)CCC1. The molecule has 0 bridgehead atoms. The number of ether oxygens (including phenoxy) is 2. The van der Waals surface area contributed by atoms with E-state index < -0.39 is 6.16 Å². The number of hydrogen-bond acceptors (Lipinski definition) is 3. The fraction of sp³-hybridized carbons (Fsp3) is 0.727. The Hall–Kier alpha value is -0.990. The summed E-state index contributed by atoms with van der Waals surface area (Å²) in [6.07, 6.45) is 6.75. The maximum atomic E-state index is 10.9. The zero-order chi connectivity index (χ0) is 10.4. The second-order valence-electron chi connectivity index (χ2n) is 3.71. The molecule has 3 heteroatoms. The largest absolute Gasteiger partial charge is 0.508 e. The van der Waals surface area contributed by atoms with E-state index in [9.17, 15) is 4.79 Å². The Labute approximate surface area is 85.1 Å². The summed E-state index contributed by atoms with van der Waals surface area (Å²) in [5.41, 5.74) is 1.45. The Morgan fingerprint density at radius 3 is 3.00 bits per heavy atom. The van der Waals surface area contributed by atoms with Crippen molar-refractivity contribution in [3.8, 4) is 0 Å². The van der Waals surface area contributed by atoms with Crippen LogP contribution in [-0.4, -0.2) is 19.4 Å². The average Bonchev–Trinajstić information content (AvgIpc) is 2.14. The van der Waals surface area contributed by atoms with Crippen molar-refractivity contribution in [2.24, 2.45) is 0 Å². The first-order valence-electron chi connectivity index (χ1n) is 5.12. The van der Waals surface area contributed by atoms with Crippen molar-refractivity contribution >= 4 is 6.16 Å². The van der Waals surface area contributed by atoms with Gasteiger partial charge in [-0.1, -0.05) is 11.6 Å². The van der Waals surface area contributed by atoms with E-state index in [0.717, 1.165) is 32.1 Å². The summed E-state index contributed by atoms with van der Waals surface area (Å²) < 4.78 is 9.59. The predicted octanol–water partition coefficient (Wildman–Crippen LogP) is 3.05. The van der Waals surface area contributed by atoms with E-state index in [2.05, 4.69) is 17.7 Å². The first-order valence-corrected chi connectivity index (χ1v) is 5.12. The third kappa shape index (κ3) is 3.81. The molecule has 3 nitrogen and oxygen atoms in total. The highest BCUT2D eigenvalue weighted by atomic mass is 16.7. The Morgan fingerprint density at radius 1 is 1.50 bits per heavy atom. The second kappa shape index (κ2) is 5.68. The number of hydrogen-bond donors (Lipinski definition) is 0. The molecule has 0 aromatic rings. The Balaban J connectivity index is 2.37. The van der Waals surface area contributed by atoms with Crippen LogP contribution in [0.2, 0.25) is 0 Å². The van der Waals surface area contributed by atoms with Gasteiger partial charge in [-0.25, -0.2) is 4.79 Å². The van der Waals surface area contributed by atoms with Crippen LogP contribution in [-0.2, 0) is 9.47 Å². The molecule has 0 N–H and O–H groups in total. The van der Waals surface area contributed by atoms with E-state index in [0.29, 0.717) is 0 Å². The van der Waals surface area contributed by atoms with E-state index in [1.165, 1.54) is 12.7 Å². The number of rotatable bonds is 1. The molecule has 1 aliphatic carbocycles. The average molecular weight is 198 g/mol. The molecule has 1 rings (SSSR count). The first kappa shape index (κ1) is 11.1. The van der Waals surface area contributed by atoms with E-state index in [-0.39, 0.29) is 6.10 Å². The van der Waals surface area contributed by atoms with Crippen molar-refractivity contribution in [1.29, 1.82) is 0 Å². The minimum absolute atomic E-state index is 0.0341. The zero-order valence-corrected chi connectivity index (χ0v) is 8.91. The third-order valence-corrected chi connectivity index (χ3v) is 2.51. The topological polar surface area (TPSA) is 35.5 Å². The molecule has 0 radical (unpaired) electrons. The molecule has 1 aliphatic rings. The lowest BCUT2D eigenvalue weighted by Gasteiger charge is -2.18. The fourth-order valence-electron chi connectivity index (χ4n) is 1.67. The molecule has 80 valence electrons. The minimum atomic E-state index is -0.559. The lowest BCUT2D eigenvalue weighted by molar-refractivity contribution is 0.0299. The number of methoxy groups -OCH3 is 1. The molecule has 0 aromatic carbocycles. The lowest BCUT2D eigenvalue weighted by Crippen LogP contribution is -2.18. The minimum Gasteiger partial charge on any atom is -0.438 e. The molecule has 0 amide bonds. The van der Waals surface area contributed by atoms with Crippen molar-refractivity contribution in [2.45, 2.75) is 45.1 Å². The third-order valence-electron chi connectivity index (χ3n) is 2.51. The van der Waals surface area contributed by atoms with E-state index >= 15 is 0 Å². The normalized spacial score (nSPS) is 23.0. The summed E-state index contributed by atoms with van der Waals surface area (Å²) in [7, 11) is 1.34. The fourth-order valence-corrected chi connectivity index (χ4v) is 1.67. The maximum absolute atomic E-state index is 10.9. The Bertz CT molecular complexity index is 221. The summed E-state index contributed by atoms with van der Waals surface area (Å²) in [5.74, 6) is 0. The summed E-state index contributed by atoms with van der Waals surface area (Å²) in [6.45, 7) is 2.15. The molecule has 1 unspecified atom stereocenters. The summed E-state index contributed by atoms with van der Waals surface area (Å²) in [6, 6.07) is 0. The van der Waals surface area contributed by atoms with Gasteiger partial charge in [-0.15, -0.1) is 0 Å². The molecule has 1 atom stereocenters. The van der Waals surface area contributed by atoms with Gasteiger partial charge in [0.25, 0.3) is 0 Å². The summed E-state index contributed by atoms with van der Waals surface area (Å²) in [4.78, 5) is 10.9. The molecule has 14 heavy (non-hydrogen) atoms. The summed E-state index contributed by atoms with van der Waals surface area (Å²) >= 11 is 0. The molecular weight excluding hydrogens is 180 g/mol. The first-order chi connectivity index (χ1) is 6.72. The highest BCUT2D eigenvalue weighted by Crippen LogP contribution is 2.19. The predicted molar refractivity (Wildman–Crippen MR) is 54.1 cm³/mol. The zero-order valence-electron chi connectivity index (χ0n) is 8.91. The van der Waals surface area contributed by atoms with Crippen molar-refractivity contribution in [2.75, 3.05) is 7.11 Å². The highest BCUT2D eigenvalue weighted by Gasteiger charge is 2.15. The molecule has 0 spiro atoms. The molecule has 0 heterocycles. The quantitative estimate of drug-likeness (QED) is 0.480. The van der Waals surface area contributed by atoms with Crippen LogP contribution in [0.5, 0.6) is 0 Å². The Morgan fingerprint density at radius 2 is 2.29 bits per heavy atom. The van der Waals surface area contributed by atoms with Crippen molar-refractivity contribution in [1.82, 2.24) is 0 Å². The number of carbonyl (C=O) groups is 1. The van der Waals surface area contributed by atoms with Crippen LogP contribution < -0.4 is 0 Å². The van der Waals surface area contributed by atoms with Crippen LogP contribution in [0.4, 0.5) is 4.79 Å². The van der Waals surface area contributed by atoms with Crippen LogP contribution in [0.1, 0.15) is 39.0 Å².